The fourth-order valence-corrected chi connectivity index (χ4v) is 3.94. The summed E-state index contributed by atoms with van der Waals surface area (Å²) in [5, 5.41) is 0.410. The molecular formula is C16H13BrF2OS. The van der Waals surface area contributed by atoms with E-state index in [1.54, 1.807) is 11.8 Å². The van der Waals surface area contributed by atoms with Crippen LogP contribution in [0, 0.1) is 11.6 Å². The van der Waals surface area contributed by atoms with Gasteiger partial charge in [0.15, 0.2) is 17.4 Å². The molecule has 110 valence electrons. The molecule has 0 amide bonds. The second-order valence-corrected chi connectivity index (χ2v) is 6.50. The van der Waals surface area contributed by atoms with E-state index >= 15 is 0 Å². The summed E-state index contributed by atoms with van der Waals surface area (Å²) in [5.41, 5.74) is 1.75. The molecule has 1 aliphatic heterocycles. The summed E-state index contributed by atoms with van der Waals surface area (Å²) in [7, 11) is 0. The van der Waals surface area contributed by atoms with Gasteiger partial charge in [-0.15, -0.1) is 11.8 Å². The van der Waals surface area contributed by atoms with Gasteiger partial charge in [0.2, 0.25) is 0 Å². The number of ether oxygens (including phenoxy) is 1. The summed E-state index contributed by atoms with van der Waals surface area (Å²) >= 11 is 4.94. The van der Waals surface area contributed by atoms with Crippen molar-refractivity contribution in [1.29, 1.82) is 0 Å². The summed E-state index contributed by atoms with van der Waals surface area (Å²) in [6, 6.07) is 10.7. The molecule has 5 heteroatoms. The fraction of sp³-hybridized carbons (Fsp3) is 0.250. The standard InChI is InChI=1S/C16H13BrF2OS/c17-7-10-5-13(18)16(14(19)6-10)20-8-11-9-21-15-4-2-1-3-12(11)15/h1-6,11H,7-9H2. The molecule has 0 fully saturated rings. The molecule has 3 rings (SSSR count). The van der Waals surface area contributed by atoms with Crippen LogP contribution in [0.1, 0.15) is 17.0 Å². The van der Waals surface area contributed by atoms with Gasteiger partial charge in [-0.05, 0) is 29.3 Å². The first kappa shape index (κ1) is 14.9. The van der Waals surface area contributed by atoms with Gasteiger partial charge in [0.25, 0.3) is 0 Å². The summed E-state index contributed by atoms with van der Waals surface area (Å²) in [6.45, 7) is 0.283. The minimum Gasteiger partial charge on any atom is -0.487 e. The van der Waals surface area contributed by atoms with Crippen LogP contribution in [0.2, 0.25) is 0 Å². The normalized spacial score (nSPS) is 16.8. The molecule has 1 unspecified atom stereocenters. The van der Waals surface area contributed by atoms with Gasteiger partial charge in [-0.25, -0.2) is 8.78 Å². The molecule has 0 radical (unpaired) electrons. The van der Waals surface area contributed by atoms with Crippen LogP contribution in [0.4, 0.5) is 8.78 Å². The zero-order valence-corrected chi connectivity index (χ0v) is 13.5. The van der Waals surface area contributed by atoms with Crippen LogP contribution in [-0.4, -0.2) is 12.4 Å². The van der Waals surface area contributed by atoms with Gasteiger partial charge in [-0.2, -0.15) is 0 Å². The van der Waals surface area contributed by atoms with Crippen LogP contribution < -0.4 is 4.74 Å². The Bertz CT molecular complexity index is 639. The van der Waals surface area contributed by atoms with Crippen molar-refractivity contribution in [2.45, 2.75) is 16.1 Å². The SMILES string of the molecule is Fc1cc(CBr)cc(F)c1OCC1CSc2ccccc21. The smallest absolute Gasteiger partial charge is 0.190 e. The fourth-order valence-electron chi connectivity index (χ4n) is 2.38. The third kappa shape index (κ3) is 3.09. The van der Waals surface area contributed by atoms with E-state index in [2.05, 4.69) is 22.0 Å². The van der Waals surface area contributed by atoms with E-state index in [-0.39, 0.29) is 18.3 Å². The topological polar surface area (TPSA) is 9.23 Å². The Morgan fingerprint density at radius 3 is 2.62 bits per heavy atom. The number of halogens is 3. The van der Waals surface area contributed by atoms with Crippen molar-refractivity contribution in [3.05, 3.63) is 59.2 Å². The van der Waals surface area contributed by atoms with Crippen molar-refractivity contribution < 1.29 is 13.5 Å². The van der Waals surface area contributed by atoms with Crippen LogP contribution in [0.25, 0.3) is 0 Å². The minimum atomic E-state index is -0.650. The van der Waals surface area contributed by atoms with E-state index in [1.165, 1.54) is 22.6 Å². The molecule has 2 aromatic carbocycles. The highest BCUT2D eigenvalue weighted by atomic mass is 79.9. The molecule has 0 spiro atoms. The Morgan fingerprint density at radius 1 is 1.19 bits per heavy atom. The number of benzene rings is 2. The molecule has 21 heavy (non-hydrogen) atoms. The number of thioether (sulfide) groups is 1. The van der Waals surface area contributed by atoms with Crippen LogP contribution >= 0.6 is 27.7 Å². The zero-order chi connectivity index (χ0) is 14.8. The van der Waals surface area contributed by atoms with Crippen molar-refractivity contribution >= 4 is 27.7 Å². The molecule has 0 aromatic heterocycles. The second kappa shape index (κ2) is 6.36. The third-order valence-electron chi connectivity index (χ3n) is 3.44. The first-order valence-corrected chi connectivity index (χ1v) is 8.68. The maximum absolute atomic E-state index is 13.9. The molecular weight excluding hydrogens is 358 g/mol. The Labute approximate surface area is 134 Å². The van der Waals surface area contributed by atoms with Gasteiger partial charge >= 0.3 is 0 Å². The molecule has 0 N–H and O–H groups in total. The lowest BCUT2D eigenvalue weighted by molar-refractivity contribution is 0.269. The minimum absolute atomic E-state index is 0.167. The quantitative estimate of drug-likeness (QED) is 0.690. The van der Waals surface area contributed by atoms with E-state index in [9.17, 15) is 8.78 Å². The number of rotatable bonds is 4. The Morgan fingerprint density at radius 2 is 1.90 bits per heavy atom. The van der Waals surface area contributed by atoms with E-state index < -0.39 is 11.6 Å². The lowest BCUT2D eigenvalue weighted by Gasteiger charge is -2.14. The second-order valence-electron chi connectivity index (χ2n) is 4.88. The maximum Gasteiger partial charge on any atom is 0.190 e. The van der Waals surface area contributed by atoms with Crippen molar-refractivity contribution in [1.82, 2.24) is 0 Å². The summed E-state index contributed by atoms with van der Waals surface area (Å²) in [4.78, 5) is 1.22. The first-order chi connectivity index (χ1) is 10.2. The monoisotopic (exact) mass is 370 g/mol. The van der Waals surface area contributed by atoms with Crippen LogP contribution in [0.3, 0.4) is 0 Å². The predicted molar refractivity (Wildman–Crippen MR) is 84.4 cm³/mol. The predicted octanol–water partition coefficient (Wildman–Crippen LogP) is 5.13. The van der Waals surface area contributed by atoms with Crippen LogP contribution in [-0.2, 0) is 5.33 Å². The van der Waals surface area contributed by atoms with Crippen molar-refractivity contribution in [2.75, 3.05) is 12.4 Å². The van der Waals surface area contributed by atoms with Gasteiger partial charge in [0.05, 0.1) is 6.61 Å². The van der Waals surface area contributed by atoms with Crippen LogP contribution in [0.5, 0.6) is 5.75 Å². The van der Waals surface area contributed by atoms with E-state index in [4.69, 9.17) is 4.74 Å². The molecule has 1 nitrogen and oxygen atoms in total. The lowest BCUT2D eigenvalue weighted by Crippen LogP contribution is -2.11. The van der Waals surface area contributed by atoms with Gasteiger partial charge < -0.3 is 4.74 Å². The molecule has 1 heterocycles. The molecule has 0 aliphatic carbocycles. The average molecular weight is 371 g/mol. The number of hydrogen-bond donors (Lipinski definition) is 0. The number of alkyl halides is 1. The lowest BCUT2D eigenvalue weighted by atomic mass is 10.0. The summed E-state index contributed by atoms with van der Waals surface area (Å²) < 4.78 is 33.2. The van der Waals surface area contributed by atoms with Crippen molar-refractivity contribution in [3.8, 4) is 5.75 Å². The van der Waals surface area contributed by atoms with E-state index in [1.807, 2.05) is 18.2 Å². The van der Waals surface area contributed by atoms with E-state index in [0.717, 1.165) is 5.75 Å². The molecule has 2 aromatic rings. The Hall–Kier alpha value is -1.07. The highest BCUT2D eigenvalue weighted by molar-refractivity contribution is 9.08. The average Bonchev–Trinajstić information content (AvgIpc) is 2.89. The molecule has 0 bridgehead atoms. The van der Waals surface area contributed by atoms with Crippen LogP contribution in [0.15, 0.2) is 41.3 Å². The zero-order valence-electron chi connectivity index (χ0n) is 11.1. The number of hydrogen-bond acceptors (Lipinski definition) is 2. The Kier molecular flexibility index (Phi) is 4.50. The largest absolute Gasteiger partial charge is 0.487 e. The first-order valence-electron chi connectivity index (χ1n) is 6.57. The number of fused-ring (bicyclic) bond motifs is 1. The Balaban J connectivity index is 1.75. The molecule has 0 saturated carbocycles. The van der Waals surface area contributed by atoms with Gasteiger partial charge in [0, 0.05) is 21.9 Å². The highest BCUT2D eigenvalue weighted by Gasteiger charge is 2.24. The van der Waals surface area contributed by atoms with Crippen molar-refractivity contribution in [2.24, 2.45) is 0 Å². The highest BCUT2D eigenvalue weighted by Crippen LogP contribution is 2.39. The van der Waals surface area contributed by atoms with Gasteiger partial charge in [-0.1, -0.05) is 34.1 Å². The molecule has 0 saturated heterocycles. The molecule has 1 aliphatic rings. The van der Waals surface area contributed by atoms with E-state index in [0.29, 0.717) is 10.9 Å². The summed E-state index contributed by atoms with van der Waals surface area (Å²) in [6.07, 6.45) is 0. The van der Waals surface area contributed by atoms with Gasteiger partial charge in [-0.3, -0.25) is 0 Å². The third-order valence-corrected chi connectivity index (χ3v) is 5.34. The maximum atomic E-state index is 13.9. The summed E-state index contributed by atoms with van der Waals surface area (Å²) in [5.74, 6) is -0.538. The molecule has 1 atom stereocenters. The van der Waals surface area contributed by atoms with Gasteiger partial charge in [0.1, 0.15) is 0 Å². The van der Waals surface area contributed by atoms with Crippen molar-refractivity contribution in [3.63, 3.8) is 0 Å².